The van der Waals surface area contributed by atoms with E-state index in [1.54, 1.807) is 0 Å². The van der Waals surface area contributed by atoms with Crippen molar-refractivity contribution in [2.75, 3.05) is 39.6 Å². The van der Waals surface area contributed by atoms with Crippen LogP contribution in [0.25, 0.3) is 0 Å². The Kier molecular flexibility index (Phi) is 19.2. The van der Waals surface area contributed by atoms with Gasteiger partial charge in [0.1, 0.15) is 72.9 Å². The first-order valence-electron chi connectivity index (χ1n) is 17.8. The number of ether oxygens (including phenoxy) is 5. The van der Waals surface area contributed by atoms with Crippen molar-refractivity contribution in [3.05, 3.63) is 12.2 Å². The van der Waals surface area contributed by atoms with E-state index in [-0.39, 0.29) is 31.8 Å². The lowest BCUT2D eigenvalue weighted by Gasteiger charge is -2.47. The Labute approximate surface area is 305 Å². The van der Waals surface area contributed by atoms with E-state index in [9.17, 15) is 65.4 Å². The number of unbranched alkanes of at least 4 members (excludes halogenated alkanes) is 3. The van der Waals surface area contributed by atoms with E-state index in [1.807, 2.05) is 0 Å². The molecule has 20 heteroatoms. The minimum absolute atomic E-state index is 0.0151. The highest BCUT2D eigenvalue weighted by Crippen LogP contribution is 2.32. The molecule has 306 valence electrons. The van der Waals surface area contributed by atoms with Crippen molar-refractivity contribution in [1.29, 1.82) is 0 Å². The average molecular weight is 770 g/mol. The molecule has 0 unspecified atom stereocenters. The van der Waals surface area contributed by atoms with Crippen molar-refractivity contribution in [3.63, 3.8) is 0 Å². The van der Waals surface area contributed by atoms with Crippen LogP contribution in [0.2, 0.25) is 0 Å². The Bertz CT molecular complexity index is 1140. The number of carbonyl (C=O) groups excluding carboxylic acids is 3. The van der Waals surface area contributed by atoms with Crippen molar-refractivity contribution in [2.24, 2.45) is 0 Å². The van der Waals surface area contributed by atoms with E-state index in [4.69, 9.17) is 28.8 Å². The number of rotatable bonds is 24. The van der Waals surface area contributed by atoms with Crippen LogP contribution in [0, 0.1) is 0 Å². The molecule has 11 N–H and O–H groups in total. The molecule has 3 aliphatic rings. The first kappa shape index (κ1) is 45.3. The van der Waals surface area contributed by atoms with Gasteiger partial charge in [-0.05, 0) is 19.3 Å². The summed E-state index contributed by atoms with van der Waals surface area (Å²) in [7, 11) is 0. The highest BCUT2D eigenvalue weighted by molar-refractivity contribution is 6.12. The van der Waals surface area contributed by atoms with Crippen LogP contribution in [0.1, 0.15) is 51.4 Å². The van der Waals surface area contributed by atoms with E-state index >= 15 is 0 Å². The van der Waals surface area contributed by atoms with Crippen molar-refractivity contribution in [3.8, 4) is 0 Å². The second-order valence-corrected chi connectivity index (χ2v) is 13.2. The Morgan fingerprint density at radius 2 is 1.34 bits per heavy atom. The van der Waals surface area contributed by atoms with Gasteiger partial charge in [-0.15, -0.1) is 0 Å². The van der Waals surface area contributed by atoms with E-state index in [0.717, 1.165) is 4.90 Å². The lowest BCUT2D eigenvalue weighted by atomic mass is 9.96. The number of hydrogen-bond acceptors (Lipinski definition) is 19. The summed E-state index contributed by atoms with van der Waals surface area (Å²) in [6.45, 7) is -3.21. The van der Waals surface area contributed by atoms with Crippen molar-refractivity contribution >= 4 is 17.6 Å². The molecule has 2 amide bonds. The summed E-state index contributed by atoms with van der Waals surface area (Å²) in [6, 6.07) is 0. The molecule has 0 radical (unpaired) electrons. The zero-order valence-corrected chi connectivity index (χ0v) is 29.3. The largest absolute Gasteiger partial charge is 0.394 e. The van der Waals surface area contributed by atoms with Gasteiger partial charge in [0.2, 0.25) is 0 Å². The van der Waals surface area contributed by atoms with Crippen molar-refractivity contribution in [2.45, 2.75) is 137 Å². The van der Waals surface area contributed by atoms with Gasteiger partial charge in [-0.3, -0.25) is 19.3 Å². The summed E-state index contributed by atoms with van der Waals surface area (Å²) in [5.41, 5.74) is 0. The number of amides is 2. The number of carbonyl (C=O) groups is 3. The summed E-state index contributed by atoms with van der Waals surface area (Å²) >= 11 is 0. The highest BCUT2D eigenvalue weighted by Gasteiger charge is 2.52. The summed E-state index contributed by atoms with van der Waals surface area (Å²) in [4.78, 5) is 36.4. The highest BCUT2D eigenvalue weighted by atomic mass is 16.8. The molecule has 2 saturated heterocycles. The number of imide groups is 1. The van der Waals surface area contributed by atoms with Crippen LogP contribution in [0.15, 0.2) is 12.2 Å². The Hall–Kier alpha value is -2.09. The fraction of sp³-hybridized carbons (Fsp3) is 0.848. The molecule has 0 saturated carbocycles. The second-order valence-electron chi connectivity index (χ2n) is 13.2. The molecule has 20 nitrogen and oxygen atoms in total. The molecule has 53 heavy (non-hydrogen) atoms. The van der Waals surface area contributed by atoms with Crippen LogP contribution >= 0.6 is 0 Å². The van der Waals surface area contributed by atoms with Gasteiger partial charge in [-0.2, -0.15) is 0 Å². The molecule has 0 aromatic rings. The quantitative estimate of drug-likeness (QED) is 0.0323. The molecular formula is C33H55NO19. The Morgan fingerprint density at radius 1 is 0.736 bits per heavy atom. The molecule has 0 aromatic heterocycles. The van der Waals surface area contributed by atoms with Gasteiger partial charge in [0, 0.05) is 31.5 Å². The molecule has 0 bridgehead atoms. The molecule has 3 heterocycles. The SMILES string of the molecule is O=C(CCCCCC[C@H](O)[C@@H](O)[C@H](O[C@H]1O[C@H](CO)[C@@H](O[C@H]2O[C@H](CO)[C@@H](O)[C@H](O)[C@H]2OCCO)[C@H](O)[C@H]1O)[C@H](O)CO)CCCN1C(=O)C=CC1=O. The standard InChI is InChI=1S/C33H55NO19/c35-12-13-49-31-26(46)25(45)20(15-37)50-33(31)53-30-21(16-38)51-32(28(48)27(30)47)52-29(19(41)14-36)24(44)18(40)8-4-2-1-3-6-17(39)7-5-11-34-22(42)9-10-23(34)43/h9-10,18-21,24-33,35-38,40-41,44-48H,1-8,11-16H2/t18-,19+,20+,21+,24+,25+,26-,27+,28+,29+,30+,31+,32+,33+/m0/s1. The zero-order valence-electron chi connectivity index (χ0n) is 29.3. The molecule has 3 rings (SSSR count). The van der Waals surface area contributed by atoms with E-state index < -0.39 is 124 Å². The van der Waals surface area contributed by atoms with E-state index in [0.29, 0.717) is 38.5 Å². The zero-order chi connectivity index (χ0) is 39.2. The van der Waals surface area contributed by atoms with Gasteiger partial charge in [-0.25, -0.2) is 0 Å². The molecule has 0 aliphatic carbocycles. The van der Waals surface area contributed by atoms with Gasteiger partial charge in [0.25, 0.3) is 11.8 Å². The van der Waals surface area contributed by atoms with Gasteiger partial charge < -0.3 is 79.9 Å². The molecule has 0 aromatic carbocycles. The van der Waals surface area contributed by atoms with Crippen LogP contribution < -0.4 is 0 Å². The molecule has 2 fully saturated rings. The van der Waals surface area contributed by atoms with Crippen molar-refractivity contribution < 1.29 is 94.2 Å². The fourth-order valence-corrected chi connectivity index (χ4v) is 6.31. The summed E-state index contributed by atoms with van der Waals surface area (Å²) in [5.74, 6) is -0.818. The minimum Gasteiger partial charge on any atom is -0.394 e. The maximum Gasteiger partial charge on any atom is 0.253 e. The molecule has 14 atom stereocenters. The first-order chi connectivity index (χ1) is 25.3. The smallest absolute Gasteiger partial charge is 0.253 e. The van der Waals surface area contributed by atoms with Crippen LogP contribution in [0.5, 0.6) is 0 Å². The fourth-order valence-electron chi connectivity index (χ4n) is 6.31. The van der Waals surface area contributed by atoms with E-state index in [2.05, 4.69) is 0 Å². The van der Waals surface area contributed by atoms with Gasteiger partial charge in [0.05, 0.1) is 39.1 Å². The van der Waals surface area contributed by atoms with Crippen LogP contribution in [0.3, 0.4) is 0 Å². The maximum atomic E-state index is 12.2. The first-order valence-corrected chi connectivity index (χ1v) is 17.8. The van der Waals surface area contributed by atoms with Crippen LogP contribution in [0.4, 0.5) is 0 Å². The average Bonchev–Trinajstić information content (AvgIpc) is 3.47. The predicted octanol–water partition coefficient (Wildman–Crippen LogP) is -5.30. The number of nitrogens with zero attached hydrogens (tertiary/aromatic N) is 1. The molecular weight excluding hydrogens is 714 g/mol. The lowest BCUT2D eigenvalue weighted by molar-refractivity contribution is -0.370. The Morgan fingerprint density at radius 3 is 1.96 bits per heavy atom. The van der Waals surface area contributed by atoms with Gasteiger partial charge in [0.15, 0.2) is 12.6 Å². The number of ketones is 1. The lowest BCUT2D eigenvalue weighted by Crippen LogP contribution is -2.65. The van der Waals surface area contributed by atoms with Crippen LogP contribution in [-0.2, 0) is 38.1 Å². The third-order valence-electron chi connectivity index (χ3n) is 9.37. The number of Topliss-reactive ketones (excluding diaryl/α,β-unsaturated/α-hetero) is 1. The number of aliphatic hydroxyl groups is 11. The second kappa shape index (κ2) is 22.5. The summed E-state index contributed by atoms with van der Waals surface area (Å²) in [5, 5.41) is 113. The summed E-state index contributed by atoms with van der Waals surface area (Å²) < 4.78 is 27.7. The van der Waals surface area contributed by atoms with Gasteiger partial charge in [-0.1, -0.05) is 19.3 Å². The summed E-state index contributed by atoms with van der Waals surface area (Å²) in [6.07, 6.45) is -18.1. The monoisotopic (exact) mass is 769 g/mol. The predicted molar refractivity (Wildman–Crippen MR) is 175 cm³/mol. The molecule has 0 spiro atoms. The van der Waals surface area contributed by atoms with Crippen molar-refractivity contribution in [1.82, 2.24) is 4.90 Å². The topological polar surface area (TPSA) is 323 Å². The van der Waals surface area contributed by atoms with E-state index in [1.165, 1.54) is 12.2 Å². The Balaban J connectivity index is 1.50. The molecule has 3 aliphatic heterocycles. The number of aliphatic hydroxyl groups excluding tert-OH is 11. The normalized spacial score (nSPS) is 32.9. The maximum absolute atomic E-state index is 12.2. The number of hydrogen-bond donors (Lipinski definition) is 11. The third kappa shape index (κ3) is 12.5. The minimum atomic E-state index is -1.99. The van der Waals surface area contributed by atoms with Crippen LogP contribution in [-0.4, -0.2) is 204 Å². The third-order valence-corrected chi connectivity index (χ3v) is 9.37. The van der Waals surface area contributed by atoms with Gasteiger partial charge >= 0.3 is 0 Å².